The van der Waals surface area contributed by atoms with Gasteiger partial charge in [0.1, 0.15) is 5.75 Å². The van der Waals surface area contributed by atoms with E-state index >= 15 is 0 Å². The van der Waals surface area contributed by atoms with Crippen molar-refractivity contribution < 1.29 is 4.74 Å². The SMILES string of the molecule is CCNCCCc1cccc(OC(C)C)c1. The Hall–Kier alpha value is -1.02. The van der Waals surface area contributed by atoms with Crippen LogP contribution >= 0.6 is 0 Å². The first-order valence-electron chi connectivity index (χ1n) is 6.18. The lowest BCUT2D eigenvalue weighted by Gasteiger charge is -2.10. The number of ether oxygens (including phenoxy) is 1. The molecule has 0 saturated carbocycles. The van der Waals surface area contributed by atoms with E-state index in [1.807, 2.05) is 6.07 Å². The van der Waals surface area contributed by atoms with Gasteiger partial charge >= 0.3 is 0 Å². The van der Waals surface area contributed by atoms with E-state index in [1.54, 1.807) is 0 Å². The van der Waals surface area contributed by atoms with Crippen LogP contribution in [-0.2, 0) is 6.42 Å². The third-order valence-electron chi connectivity index (χ3n) is 2.34. The molecule has 0 heterocycles. The van der Waals surface area contributed by atoms with Crippen LogP contribution in [0.15, 0.2) is 24.3 Å². The Bertz CT molecular complexity index is 297. The maximum atomic E-state index is 5.67. The van der Waals surface area contributed by atoms with E-state index in [0.29, 0.717) is 0 Å². The maximum absolute atomic E-state index is 5.67. The van der Waals surface area contributed by atoms with Gasteiger partial charge in [0.25, 0.3) is 0 Å². The molecule has 2 nitrogen and oxygen atoms in total. The molecule has 0 aliphatic heterocycles. The lowest BCUT2D eigenvalue weighted by Crippen LogP contribution is -2.14. The van der Waals surface area contributed by atoms with Crippen LogP contribution in [-0.4, -0.2) is 19.2 Å². The number of aryl methyl sites for hydroxylation is 1. The zero-order valence-electron chi connectivity index (χ0n) is 10.6. The van der Waals surface area contributed by atoms with Crippen molar-refractivity contribution in [3.8, 4) is 5.75 Å². The van der Waals surface area contributed by atoms with E-state index < -0.39 is 0 Å². The summed E-state index contributed by atoms with van der Waals surface area (Å²) in [5.74, 6) is 0.982. The van der Waals surface area contributed by atoms with Crippen molar-refractivity contribution in [2.24, 2.45) is 0 Å². The van der Waals surface area contributed by atoms with Crippen molar-refractivity contribution in [1.29, 1.82) is 0 Å². The molecular weight excluding hydrogens is 198 g/mol. The van der Waals surface area contributed by atoms with Gasteiger partial charge in [0.15, 0.2) is 0 Å². The van der Waals surface area contributed by atoms with Crippen LogP contribution in [0.2, 0.25) is 0 Å². The molecule has 0 spiro atoms. The Morgan fingerprint density at radius 2 is 2.12 bits per heavy atom. The van der Waals surface area contributed by atoms with Crippen molar-refractivity contribution in [3.63, 3.8) is 0 Å². The van der Waals surface area contributed by atoms with Gasteiger partial charge in [0.2, 0.25) is 0 Å². The van der Waals surface area contributed by atoms with Crippen molar-refractivity contribution in [2.45, 2.75) is 39.7 Å². The number of benzene rings is 1. The highest BCUT2D eigenvalue weighted by Crippen LogP contribution is 2.15. The second kappa shape index (κ2) is 7.29. The van der Waals surface area contributed by atoms with E-state index in [-0.39, 0.29) is 6.10 Å². The quantitative estimate of drug-likeness (QED) is 0.715. The predicted molar refractivity (Wildman–Crippen MR) is 69.1 cm³/mol. The molecule has 1 rings (SSSR count). The Balaban J connectivity index is 2.41. The molecule has 1 aromatic rings. The molecule has 90 valence electrons. The molecule has 0 bridgehead atoms. The van der Waals surface area contributed by atoms with Gasteiger partial charge in [-0.25, -0.2) is 0 Å². The second-order valence-electron chi connectivity index (χ2n) is 4.27. The molecule has 2 heteroatoms. The Morgan fingerprint density at radius 1 is 1.31 bits per heavy atom. The number of hydrogen-bond acceptors (Lipinski definition) is 2. The highest BCUT2D eigenvalue weighted by atomic mass is 16.5. The summed E-state index contributed by atoms with van der Waals surface area (Å²) in [6, 6.07) is 8.40. The average Bonchev–Trinajstić information content (AvgIpc) is 2.24. The number of nitrogens with one attached hydrogen (secondary N) is 1. The summed E-state index contributed by atoms with van der Waals surface area (Å²) >= 11 is 0. The number of hydrogen-bond donors (Lipinski definition) is 1. The summed E-state index contributed by atoms with van der Waals surface area (Å²) in [7, 11) is 0. The van der Waals surface area contributed by atoms with Crippen LogP contribution in [0.25, 0.3) is 0 Å². The average molecular weight is 221 g/mol. The van der Waals surface area contributed by atoms with E-state index in [1.165, 1.54) is 12.0 Å². The van der Waals surface area contributed by atoms with E-state index in [0.717, 1.165) is 25.3 Å². The van der Waals surface area contributed by atoms with Crippen molar-refractivity contribution in [3.05, 3.63) is 29.8 Å². The highest BCUT2D eigenvalue weighted by molar-refractivity contribution is 5.28. The standard InChI is InChI=1S/C14H23NO/c1-4-15-10-6-8-13-7-5-9-14(11-13)16-12(2)3/h5,7,9,11-12,15H,4,6,8,10H2,1-3H3. The summed E-state index contributed by atoms with van der Waals surface area (Å²) < 4.78 is 5.67. The van der Waals surface area contributed by atoms with Crippen molar-refractivity contribution in [2.75, 3.05) is 13.1 Å². The molecule has 0 aromatic heterocycles. The largest absolute Gasteiger partial charge is 0.491 e. The van der Waals surface area contributed by atoms with E-state index in [2.05, 4.69) is 44.3 Å². The van der Waals surface area contributed by atoms with Gasteiger partial charge in [0.05, 0.1) is 6.10 Å². The molecule has 16 heavy (non-hydrogen) atoms. The van der Waals surface area contributed by atoms with Crippen LogP contribution in [0.5, 0.6) is 5.75 Å². The summed E-state index contributed by atoms with van der Waals surface area (Å²) in [5.41, 5.74) is 1.36. The Kier molecular flexibility index (Phi) is 5.94. The fraction of sp³-hybridized carbons (Fsp3) is 0.571. The van der Waals surface area contributed by atoms with Crippen LogP contribution < -0.4 is 10.1 Å². The first-order valence-corrected chi connectivity index (χ1v) is 6.18. The highest BCUT2D eigenvalue weighted by Gasteiger charge is 1.99. The zero-order chi connectivity index (χ0) is 11.8. The molecule has 0 radical (unpaired) electrons. The van der Waals surface area contributed by atoms with Gasteiger partial charge in [-0.15, -0.1) is 0 Å². The van der Waals surface area contributed by atoms with Crippen molar-refractivity contribution >= 4 is 0 Å². The zero-order valence-corrected chi connectivity index (χ0v) is 10.6. The van der Waals surface area contributed by atoms with E-state index in [4.69, 9.17) is 4.74 Å². The van der Waals surface area contributed by atoms with Crippen molar-refractivity contribution in [1.82, 2.24) is 5.32 Å². The van der Waals surface area contributed by atoms with Gasteiger partial charge in [-0.1, -0.05) is 19.1 Å². The van der Waals surface area contributed by atoms with Crippen LogP contribution in [0, 0.1) is 0 Å². The first-order chi connectivity index (χ1) is 7.72. The Morgan fingerprint density at radius 3 is 2.81 bits per heavy atom. The minimum absolute atomic E-state index is 0.247. The summed E-state index contributed by atoms with van der Waals surface area (Å²) in [6.07, 6.45) is 2.54. The monoisotopic (exact) mass is 221 g/mol. The van der Waals surface area contributed by atoms with Crippen LogP contribution in [0.4, 0.5) is 0 Å². The van der Waals surface area contributed by atoms with E-state index in [9.17, 15) is 0 Å². The minimum Gasteiger partial charge on any atom is -0.491 e. The fourth-order valence-corrected chi connectivity index (χ4v) is 1.64. The fourth-order valence-electron chi connectivity index (χ4n) is 1.64. The molecule has 1 aromatic carbocycles. The molecular formula is C14H23NO. The first kappa shape index (κ1) is 13.0. The lowest BCUT2D eigenvalue weighted by atomic mass is 10.1. The third kappa shape index (κ3) is 5.17. The third-order valence-corrected chi connectivity index (χ3v) is 2.34. The summed E-state index contributed by atoms with van der Waals surface area (Å²) in [4.78, 5) is 0. The molecule has 0 aliphatic rings. The molecule has 1 N–H and O–H groups in total. The van der Waals surface area contributed by atoms with Gasteiger partial charge < -0.3 is 10.1 Å². The lowest BCUT2D eigenvalue weighted by molar-refractivity contribution is 0.242. The Labute approximate surface area is 99.0 Å². The molecule has 0 fully saturated rings. The molecule has 0 saturated heterocycles. The molecule has 0 aliphatic carbocycles. The molecule has 0 unspecified atom stereocenters. The maximum Gasteiger partial charge on any atom is 0.119 e. The van der Waals surface area contributed by atoms with Crippen LogP contribution in [0.3, 0.4) is 0 Å². The summed E-state index contributed by atoms with van der Waals surface area (Å²) in [5, 5.41) is 3.33. The van der Waals surface area contributed by atoms with Gasteiger partial charge in [-0.2, -0.15) is 0 Å². The van der Waals surface area contributed by atoms with Gasteiger partial charge in [0, 0.05) is 0 Å². The normalized spacial score (nSPS) is 10.8. The second-order valence-corrected chi connectivity index (χ2v) is 4.27. The topological polar surface area (TPSA) is 21.3 Å². The smallest absolute Gasteiger partial charge is 0.119 e. The van der Waals surface area contributed by atoms with Gasteiger partial charge in [-0.05, 0) is 57.5 Å². The van der Waals surface area contributed by atoms with Gasteiger partial charge in [-0.3, -0.25) is 0 Å². The number of rotatable bonds is 7. The minimum atomic E-state index is 0.247. The predicted octanol–water partition coefficient (Wildman–Crippen LogP) is 3.02. The molecule has 0 amide bonds. The summed E-state index contributed by atoms with van der Waals surface area (Å²) in [6.45, 7) is 8.38. The van der Waals surface area contributed by atoms with Crippen LogP contribution in [0.1, 0.15) is 32.8 Å². The molecule has 0 atom stereocenters.